The number of pyridine rings is 1. The molecule has 0 unspecified atom stereocenters. The van der Waals surface area contributed by atoms with E-state index in [-0.39, 0.29) is 0 Å². The van der Waals surface area contributed by atoms with Gasteiger partial charge in [-0.25, -0.2) is 4.98 Å². The van der Waals surface area contributed by atoms with Crippen LogP contribution in [0.5, 0.6) is 0 Å². The van der Waals surface area contributed by atoms with Gasteiger partial charge in [0.15, 0.2) is 0 Å². The average Bonchev–Trinajstić information content (AvgIpc) is 3.15. The lowest BCUT2D eigenvalue weighted by molar-refractivity contribution is -0.141. The van der Waals surface area contributed by atoms with Crippen LogP contribution in [0.3, 0.4) is 0 Å². The van der Waals surface area contributed by atoms with Gasteiger partial charge in [-0.05, 0) is 30.4 Å². The van der Waals surface area contributed by atoms with Gasteiger partial charge >= 0.3 is 0 Å². The third kappa shape index (κ3) is 3.74. The van der Waals surface area contributed by atoms with Crippen LogP contribution in [0, 0.1) is 5.92 Å². The largest absolute Gasteiger partial charge is 0.348 e. The van der Waals surface area contributed by atoms with Crippen LogP contribution in [0.25, 0.3) is 0 Å². The number of rotatable bonds is 5. The van der Waals surface area contributed by atoms with Gasteiger partial charge in [0.2, 0.25) is 5.91 Å². The van der Waals surface area contributed by atoms with Crippen LogP contribution in [0.2, 0.25) is 0 Å². The minimum atomic E-state index is 0.321. The SMILES string of the molecule is O=C1CC[C@@H]2CN(Cc3cccnc3)CC[C@@H]2N1CCc1cnc[nH]1. The molecule has 2 aromatic heterocycles. The van der Waals surface area contributed by atoms with Crippen molar-refractivity contribution in [1.29, 1.82) is 0 Å². The second-order valence-corrected chi connectivity index (χ2v) is 7.17. The van der Waals surface area contributed by atoms with Crippen LogP contribution in [-0.4, -0.2) is 56.3 Å². The number of likely N-dealkylation sites (tertiary alicyclic amines) is 2. The molecular weight excluding hydrogens is 314 g/mol. The Morgan fingerprint density at radius 1 is 1.24 bits per heavy atom. The molecule has 4 heterocycles. The van der Waals surface area contributed by atoms with Crippen LogP contribution in [0.4, 0.5) is 0 Å². The van der Waals surface area contributed by atoms with Gasteiger partial charge in [0, 0.05) is 69.3 Å². The number of aromatic nitrogens is 3. The molecule has 2 saturated heterocycles. The molecule has 6 heteroatoms. The fourth-order valence-corrected chi connectivity index (χ4v) is 4.27. The second-order valence-electron chi connectivity index (χ2n) is 7.17. The number of carbonyl (C=O) groups excluding carboxylic acids is 1. The number of imidazole rings is 1. The maximum atomic E-state index is 12.5. The van der Waals surface area contributed by atoms with Gasteiger partial charge in [-0.1, -0.05) is 6.07 Å². The van der Waals surface area contributed by atoms with Crippen molar-refractivity contribution in [2.24, 2.45) is 5.92 Å². The highest BCUT2D eigenvalue weighted by atomic mass is 16.2. The van der Waals surface area contributed by atoms with E-state index in [2.05, 4.69) is 30.8 Å². The molecule has 0 aromatic carbocycles. The van der Waals surface area contributed by atoms with Gasteiger partial charge in [-0.3, -0.25) is 14.7 Å². The number of hydrogen-bond acceptors (Lipinski definition) is 4. The molecule has 2 atom stereocenters. The van der Waals surface area contributed by atoms with Gasteiger partial charge in [0.25, 0.3) is 0 Å². The van der Waals surface area contributed by atoms with E-state index in [0.717, 1.165) is 51.1 Å². The van der Waals surface area contributed by atoms with Crippen LogP contribution in [-0.2, 0) is 17.8 Å². The fourth-order valence-electron chi connectivity index (χ4n) is 4.27. The van der Waals surface area contributed by atoms with E-state index in [4.69, 9.17) is 0 Å². The topological polar surface area (TPSA) is 65.1 Å². The summed E-state index contributed by atoms with van der Waals surface area (Å²) < 4.78 is 0. The lowest BCUT2D eigenvalue weighted by Gasteiger charge is -2.47. The first-order chi connectivity index (χ1) is 12.3. The van der Waals surface area contributed by atoms with Gasteiger partial charge in [-0.2, -0.15) is 0 Å². The third-order valence-corrected chi connectivity index (χ3v) is 5.53. The number of piperidine rings is 2. The van der Waals surface area contributed by atoms with Gasteiger partial charge in [-0.15, -0.1) is 0 Å². The van der Waals surface area contributed by atoms with E-state index in [0.29, 0.717) is 24.3 Å². The van der Waals surface area contributed by atoms with E-state index in [9.17, 15) is 4.79 Å². The number of H-pyrrole nitrogens is 1. The number of hydrogen-bond donors (Lipinski definition) is 1. The number of carbonyl (C=O) groups is 1. The molecule has 1 amide bonds. The summed E-state index contributed by atoms with van der Waals surface area (Å²) in [6, 6.07) is 4.54. The standard InChI is InChI=1S/C19H25N5O/c25-19-4-3-16-13-23(12-15-2-1-7-20-10-15)8-6-18(16)24(19)9-5-17-11-21-14-22-17/h1-2,7,10-11,14,16,18H,3-6,8-9,12-13H2,(H,21,22)/t16-,18+/m1/s1. The first-order valence-electron chi connectivity index (χ1n) is 9.17. The molecule has 132 valence electrons. The first-order valence-corrected chi connectivity index (χ1v) is 9.17. The molecule has 4 rings (SSSR count). The number of aromatic amines is 1. The molecule has 0 saturated carbocycles. The van der Waals surface area contributed by atoms with E-state index in [1.807, 2.05) is 24.7 Å². The quantitative estimate of drug-likeness (QED) is 0.903. The molecule has 0 spiro atoms. The lowest BCUT2D eigenvalue weighted by atomic mass is 9.83. The number of nitrogens with one attached hydrogen (secondary N) is 1. The van der Waals surface area contributed by atoms with Crippen molar-refractivity contribution in [3.8, 4) is 0 Å². The van der Waals surface area contributed by atoms with E-state index >= 15 is 0 Å². The number of amides is 1. The minimum Gasteiger partial charge on any atom is -0.348 e. The fraction of sp³-hybridized carbons (Fsp3) is 0.526. The Bertz CT molecular complexity index is 687. The Morgan fingerprint density at radius 2 is 2.20 bits per heavy atom. The van der Waals surface area contributed by atoms with Crippen molar-refractivity contribution in [3.63, 3.8) is 0 Å². The Kier molecular flexibility index (Phi) is 4.78. The minimum absolute atomic E-state index is 0.321. The first kappa shape index (κ1) is 16.3. The number of fused-ring (bicyclic) bond motifs is 1. The molecule has 1 N–H and O–H groups in total. The van der Waals surface area contributed by atoms with Crippen molar-refractivity contribution >= 4 is 5.91 Å². The second kappa shape index (κ2) is 7.35. The highest BCUT2D eigenvalue weighted by Crippen LogP contribution is 2.31. The predicted octanol–water partition coefficient (Wildman–Crippen LogP) is 1.86. The summed E-state index contributed by atoms with van der Waals surface area (Å²) in [4.78, 5) is 28.5. The smallest absolute Gasteiger partial charge is 0.222 e. The van der Waals surface area contributed by atoms with Gasteiger partial charge < -0.3 is 9.88 Å². The van der Waals surface area contributed by atoms with Crippen molar-refractivity contribution in [1.82, 2.24) is 24.8 Å². The van der Waals surface area contributed by atoms with Gasteiger partial charge in [0.1, 0.15) is 0 Å². The van der Waals surface area contributed by atoms with Crippen LogP contribution in [0.15, 0.2) is 37.1 Å². The molecule has 0 radical (unpaired) electrons. The molecule has 0 aliphatic carbocycles. The summed E-state index contributed by atoms with van der Waals surface area (Å²) in [5.41, 5.74) is 2.37. The van der Waals surface area contributed by atoms with Crippen LogP contribution < -0.4 is 0 Å². The molecule has 2 aliphatic rings. The highest BCUT2D eigenvalue weighted by Gasteiger charge is 2.38. The molecule has 2 fully saturated rings. The van der Waals surface area contributed by atoms with E-state index in [1.165, 1.54) is 5.56 Å². The summed E-state index contributed by atoms with van der Waals surface area (Å²) >= 11 is 0. The Balaban J connectivity index is 1.37. The maximum Gasteiger partial charge on any atom is 0.222 e. The molecule has 25 heavy (non-hydrogen) atoms. The molecule has 2 aliphatic heterocycles. The normalized spacial score (nSPS) is 24.3. The monoisotopic (exact) mass is 339 g/mol. The van der Waals surface area contributed by atoms with Gasteiger partial charge in [0.05, 0.1) is 6.33 Å². The summed E-state index contributed by atoms with van der Waals surface area (Å²) in [7, 11) is 0. The van der Waals surface area contributed by atoms with Crippen LogP contribution in [0.1, 0.15) is 30.5 Å². The third-order valence-electron chi connectivity index (χ3n) is 5.53. The zero-order chi connectivity index (χ0) is 17.1. The summed E-state index contributed by atoms with van der Waals surface area (Å²) in [6.07, 6.45) is 11.0. The summed E-state index contributed by atoms with van der Waals surface area (Å²) in [5, 5.41) is 0. The zero-order valence-electron chi connectivity index (χ0n) is 14.5. The summed E-state index contributed by atoms with van der Waals surface area (Å²) in [5.74, 6) is 0.909. The molecular formula is C19H25N5O. The van der Waals surface area contributed by atoms with Crippen molar-refractivity contribution in [2.75, 3.05) is 19.6 Å². The van der Waals surface area contributed by atoms with E-state index < -0.39 is 0 Å². The van der Waals surface area contributed by atoms with E-state index in [1.54, 1.807) is 6.33 Å². The Hall–Kier alpha value is -2.21. The molecule has 0 bridgehead atoms. The molecule has 6 nitrogen and oxygen atoms in total. The van der Waals surface area contributed by atoms with Crippen molar-refractivity contribution in [2.45, 2.75) is 38.3 Å². The van der Waals surface area contributed by atoms with Crippen molar-refractivity contribution < 1.29 is 4.79 Å². The Labute approximate surface area is 148 Å². The number of nitrogens with zero attached hydrogens (tertiary/aromatic N) is 4. The maximum absolute atomic E-state index is 12.5. The van der Waals surface area contributed by atoms with Crippen molar-refractivity contribution in [3.05, 3.63) is 48.3 Å². The predicted molar refractivity (Wildman–Crippen MR) is 94.6 cm³/mol. The Morgan fingerprint density at radius 3 is 3.00 bits per heavy atom. The molecule has 2 aromatic rings. The lowest BCUT2D eigenvalue weighted by Crippen LogP contribution is -2.56. The average molecular weight is 339 g/mol. The van der Waals surface area contributed by atoms with Crippen LogP contribution >= 0.6 is 0 Å². The summed E-state index contributed by atoms with van der Waals surface area (Å²) in [6.45, 7) is 3.88. The zero-order valence-corrected chi connectivity index (χ0v) is 14.5. The highest BCUT2D eigenvalue weighted by molar-refractivity contribution is 5.77.